The van der Waals surface area contributed by atoms with Crippen molar-refractivity contribution >= 4 is 34.4 Å². The predicted molar refractivity (Wildman–Crippen MR) is 152 cm³/mol. The lowest BCUT2D eigenvalue weighted by Gasteiger charge is -2.29. The van der Waals surface area contributed by atoms with Crippen LogP contribution < -0.4 is 15.5 Å². The average Bonchev–Trinajstić information content (AvgIpc) is 3.57. The lowest BCUT2D eigenvalue weighted by atomic mass is 10.2. The Balaban J connectivity index is 0.000000505. The molecule has 1 aliphatic carbocycles. The maximum atomic E-state index is 12.9. The van der Waals surface area contributed by atoms with Gasteiger partial charge in [-0.05, 0) is 37.5 Å². The van der Waals surface area contributed by atoms with Crippen LogP contribution in [0, 0.1) is 0 Å². The van der Waals surface area contributed by atoms with Gasteiger partial charge >= 0.3 is 0 Å². The van der Waals surface area contributed by atoms with Gasteiger partial charge in [-0.1, -0.05) is 26.3 Å². The first-order chi connectivity index (χ1) is 18.4. The number of anilines is 3. The standard InChI is InChI=1S/C23H30N8O.C5H10O/c1-29(2)22(32)19-13-16-14-26-23(28-21(16)31(19)17-5-3-4-6-17)27-20-8-7-18(15-25-20)30-11-9-24-10-12-30;1-3-4-5(2)6/h7-8,13-15,17,24H,3-6,9-12H2,1-2H3,(H,25,26,27,28);6H,2-4H2,1H3. The largest absolute Gasteiger partial charge is 0.513 e. The van der Waals surface area contributed by atoms with E-state index < -0.39 is 0 Å². The van der Waals surface area contributed by atoms with Gasteiger partial charge in [0.25, 0.3) is 5.91 Å². The van der Waals surface area contributed by atoms with E-state index in [0.29, 0.717) is 23.5 Å². The maximum absolute atomic E-state index is 12.9. The van der Waals surface area contributed by atoms with Crippen molar-refractivity contribution in [3.05, 3.63) is 48.6 Å². The Hall–Kier alpha value is -3.66. The molecule has 1 aliphatic heterocycles. The van der Waals surface area contributed by atoms with Gasteiger partial charge in [0, 0.05) is 64.3 Å². The van der Waals surface area contributed by atoms with E-state index in [4.69, 9.17) is 10.1 Å². The smallest absolute Gasteiger partial charge is 0.270 e. The molecule has 3 aromatic rings. The summed E-state index contributed by atoms with van der Waals surface area (Å²) in [5.74, 6) is 1.47. The number of aromatic nitrogens is 4. The van der Waals surface area contributed by atoms with E-state index in [9.17, 15) is 4.79 Å². The van der Waals surface area contributed by atoms with Gasteiger partial charge in [0.1, 0.15) is 17.2 Å². The molecule has 2 fully saturated rings. The number of aliphatic hydroxyl groups excluding tert-OH is 1. The van der Waals surface area contributed by atoms with Gasteiger partial charge in [-0.3, -0.25) is 4.79 Å². The van der Waals surface area contributed by atoms with Crippen LogP contribution in [0.5, 0.6) is 0 Å². The fourth-order valence-corrected chi connectivity index (χ4v) is 4.97. The number of nitrogens with zero attached hydrogens (tertiary/aromatic N) is 6. The Kier molecular flexibility index (Phi) is 9.17. The average molecular weight is 521 g/mol. The minimum absolute atomic E-state index is 0.00502. The molecule has 3 N–H and O–H groups in total. The highest BCUT2D eigenvalue weighted by Gasteiger charge is 2.26. The van der Waals surface area contributed by atoms with Crippen molar-refractivity contribution in [2.45, 2.75) is 51.5 Å². The fourth-order valence-electron chi connectivity index (χ4n) is 4.97. The second-order valence-corrected chi connectivity index (χ2v) is 10.1. The highest BCUT2D eigenvalue weighted by Crippen LogP contribution is 2.35. The van der Waals surface area contributed by atoms with Crippen LogP contribution in [0.3, 0.4) is 0 Å². The van der Waals surface area contributed by atoms with Crippen LogP contribution in [0.1, 0.15) is 62.0 Å². The zero-order valence-electron chi connectivity index (χ0n) is 22.8. The lowest BCUT2D eigenvalue weighted by molar-refractivity contribution is 0.0815. The summed E-state index contributed by atoms with van der Waals surface area (Å²) in [4.78, 5) is 30.6. The third-order valence-corrected chi connectivity index (χ3v) is 6.90. The fraction of sp³-hybridized carbons (Fsp3) is 0.500. The number of carbonyl (C=O) groups is 1. The molecule has 4 heterocycles. The quantitative estimate of drug-likeness (QED) is 0.386. The molecule has 2 aliphatic rings. The van der Waals surface area contributed by atoms with E-state index in [1.165, 1.54) is 12.8 Å². The van der Waals surface area contributed by atoms with Gasteiger partial charge in [0.15, 0.2) is 0 Å². The lowest BCUT2D eigenvalue weighted by Crippen LogP contribution is -2.43. The number of amides is 1. The highest BCUT2D eigenvalue weighted by atomic mass is 16.3. The number of hydrogen-bond acceptors (Lipinski definition) is 8. The molecule has 0 bridgehead atoms. The Morgan fingerprint density at radius 1 is 1.18 bits per heavy atom. The van der Waals surface area contributed by atoms with Crippen LogP contribution >= 0.6 is 0 Å². The first-order valence-corrected chi connectivity index (χ1v) is 13.5. The zero-order valence-corrected chi connectivity index (χ0v) is 22.8. The monoisotopic (exact) mass is 520 g/mol. The summed E-state index contributed by atoms with van der Waals surface area (Å²) in [6.07, 6.45) is 9.89. The van der Waals surface area contributed by atoms with Crippen LogP contribution in [0.4, 0.5) is 17.5 Å². The minimum atomic E-state index is -0.00502. The molecule has 1 amide bonds. The number of pyridine rings is 1. The molecule has 10 heteroatoms. The summed E-state index contributed by atoms with van der Waals surface area (Å²) in [5.41, 5.74) is 2.61. The molecule has 1 saturated heterocycles. The number of piperazine rings is 1. The molecule has 3 aromatic heterocycles. The number of aliphatic hydroxyl groups is 1. The SMILES string of the molecule is C=C(O)CCC.CN(C)C(=O)c1cc2cnc(Nc3ccc(N4CCNCC4)cn3)nc2n1C1CCCC1. The van der Waals surface area contributed by atoms with E-state index in [1.54, 1.807) is 25.2 Å². The summed E-state index contributed by atoms with van der Waals surface area (Å²) in [5, 5.41) is 15.8. The van der Waals surface area contributed by atoms with Crippen LogP contribution in [0.2, 0.25) is 0 Å². The molecule has 204 valence electrons. The Labute approximate surface area is 224 Å². The summed E-state index contributed by atoms with van der Waals surface area (Å²) >= 11 is 0. The molecule has 0 aromatic carbocycles. The van der Waals surface area contributed by atoms with Crippen molar-refractivity contribution in [3.63, 3.8) is 0 Å². The highest BCUT2D eigenvalue weighted by molar-refractivity contribution is 5.97. The van der Waals surface area contributed by atoms with Gasteiger partial charge in [-0.15, -0.1) is 0 Å². The van der Waals surface area contributed by atoms with Crippen LogP contribution in [0.15, 0.2) is 42.9 Å². The number of nitrogens with one attached hydrogen (secondary N) is 2. The van der Waals surface area contributed by atoms with E-state index in [-0.39, 0.29) is 11.7 Å². The van der Waals surface area contributed by atoms with Gasteiger partial charge < -0.3 is 30.1 Å². The molecule has 38 heavy (non-hydrogen) atoms. The van der Waals surface area contributed by atoms with Gasteiger partial charge in [-0.2, -0.15) is 4.98 Å². The minimum Gasteiger partial charge on any atom is -0.513 e. The summed E-state index contributed by atoms with van der Waals surface area (Å²) in [6, 6.07) is 6.25. The van der Waals surface area contributed by atoms with Gasteiger partial charge in [-0.25, -0.2) is 9.97 Å². The first kappa shape index (κ1) is 27.4. The van der Waals surface area contributed by atoms with Crippen molar-refractivity contribution in [3.8, 4) is 0 Å². The second kappa shape index (κ2) is 12.7. The van der Waals surface area contributed by atoms with Gasteiger partial charge in [0.2, 0.25) is 5.95 Å². The number of rotatable bonds is 7. The second-order valence-electron chi connectivity index (χ2n) is 10.1. The van der Waals surface area contributed by atoms with Crippen molar-refractivity contribution < 1.29 is 9.90 Å². The Bertz CT molecular complexity index is 1230. The topological polar surface area (TPSA) is 111 Å². The van der Waals surface area contributed by atoms with Crippen molar-refractivity contribution in [1.82, 2.24) is 29.7 Å². The predicted octanol–water partition coefficient (Wildman–Crippen LogP) is 4.65. The molecule has 1 saturated carbocycles. The molecule has 0 radical (unpaired) electrons. The third-order valence-electron chi connectivity index (χ3n) is 6.90. The van der Waals surface area contributed by atoms with E-state index in [2.05, 4.69) is 42.7 Å². The molecule has 0 unspecified atom stereocenters. The maximum Gasteiger partial charge on any atom is 0.270 e. The molecular formula is C28H40N8O2. The van der Waals surface area contributed by atoms with Crippen LogP contribution in [-0.2, 0) is 0 Å². The van der Waals surface area contributed by atoms with Crippen molar-refractivity contribution in [1.29, 1.82) is 0 Å². The molecule has 0 spiro atoms. The number of carbonyl (C=O) groups excluding carboxylic acids is 1. The van der Waals surface area contributed by atoms with Gasteiger partial charge in [0.05, 0.1) is 17.6 Å². The van der Waals surface area contributed by atoms with Crippen molar-refractivity contribution in [2.24, 2.45) is 0 Å². The summed E-state index contributed by atoms with van der Waals surface area (Å²) < 4.78 is 2.12. The Morgan fingerprint density at radius 3 is 2.50 bits per heavy atom. The van der Waals surface area contributed by atoms with E-state index in [1.807, 2.05) is 25.3 Å². The normalized spacial score (nSPS) is 15.7. The molecule has 5 rings (SSSR count). The molecule has 0 atom stereocenters. The van der Waals surface area contributed by atoms with E-state index >= 15 is 0 Å². The number of fused-ring (bicyclic) bond motifs is 1. The number of hydrogen-bond donors (Lipinski definition) is 3. The first-order valence-electron chi connectivity index (χ1n) is 13.5. The van der Waals surface area contributed by atoms with Crippen LogP contribution in [-0.4, -0.2) is 75.7 Å². The summed E-state index contributed by atoms with van der Waals surface area (Å²) in [6.45, 7) is 9.26. The zero-order chi connectivity index (χ0) is 27.1. The third kappa shape index (κ3) is 6.61. The molecular weight excluding hydrogens is 480 g/mol. The van der Waals surface area contributed by atoms with Crippen LogP contribution in [0.25, 0.3) is 11.0 Å². The molecule has 10 nitrogen and oxygen atoms in total. The van der Waals surface area contributed by atoms with Crippen molar-refractivity contribution in [2.75, 3.05) is 50.5 Å². The van der Waals surface area contributed by atoms with E-state index in [0.717, 1.165) is 68.6 Å². The Morgan fingerprint density at radius 2 is 1.92 bits per heavy atom. The number of allylic oxidation sites excluding steroid dienone is 1. The summed E-state index contributed by atoms with van der Waals surface area (Å²) in [7, 11) is 3.57.